The van der Waals surface area contributed by atoms with Crippen molar-refractivity contribution in [1.29, 1.82) is 5.26 Å². The third kappa shape index (κ3) is 3.30. The number of methoxy groups -OCH3 is 1. The summed E-state index contributed by atoms with van der Waals surface area (Å²) in [6, 6.07) is 10.6. The van der Waals surface area contributed by atoms with Crippen molar-refractivity contribution < 1.29 is 13.9 Å². The highest BCUT2D eigenvalue weighted by atomic mass is 19.1. The van der Waals surface area contributed by atoms with Gasteiger partial charge < -0.3 is 15.2 Å². The lowest BCUT2D eigenvalue weighted by atomic mass is 10.1. The van der Waals surface area contributed by atoms with Crippen molar-refractivity contribution in [3.63, 3.8) is 0 Å². The summed E-state index contributed by atoms with van der Waals surface area (Å²) in [7, 11) is 1.49. The molecule has 0 saturated heterocycles. The van der Waals surface area contributed by atoms with E-state index in [2.05, 4.69) is 0 Å². The van der Waals surface area contributed by atoms with E-state index in [-0.39, 0.29) is 11.9 Å². The van der Waals surface area contributed by atoms with Crippen LogP contribution in [0.3, 0.4) is 0 Å². The Morgan fingerprint density at radius 3 is 2.48 bits per heavy atom. The van der Waals surface area contributed by atoms with Crippen molar-refractivity contribution in [2.45, 2.75) is 13.0 Å². The lowest BCUT2D eigenvalue weighted by molar-refractivity contribution is 0.376. The average molecular weight is 286 g/mol. The molecule has 4 nitrogen and oxygen atoms in total. The van der Waals surface area contributed by atoms with Gasteiger partial charge in [-0.1, -0.05) is 0 Å². The summed E-state index contributed by atoms with van der Waals surface area (Å²) in [5.74, 6) is 0.940. The van der Waals surface area contributed by atoms with Gasteiger partial charge in [-0.2, -0.15) is 5.26 Å². The summed E-state index contributed by atoms with van der Waals surface area (Å²) < 4.78 is 24.3. The largest absolute Gasteiger partial charge is 0.493 e. The minimum Gasteiger partial charge on any atom is -0.493 e. The van der Waals surface area contributed by atoms with Gasteiger partial charge in [0.1, 0.15) is 11.6 Å². The highest BCUT2D eigenvalue weighted by Gasteiger charge is 2.13. The Bertz CT molecular complexity index is 693. The fourth-order valence-corrected chi connectivity index (χ4v) is 1.91. The summed E-state index contributed by atoms with van der Waals surface area (Å²) in [5.41, 5.74) is 6.85. The third-order valence-electron chi connectivity index (χ3n) is 2.98. The molecule has 0 aromatic heterocycles. The van der Waals surface area contributed by atoms with Gasteiger partial charge in [-0.25, -0.2) is 4.39 Å². The predicted molar refractivity (Wildman–Crippen MR) is 76.8 cm³/mol. The topological polar surface area (TPSA) is 68.3 Å². The number of ether oxygens (including phenoxy) is 2. The molecule has 0 heterocycles. The van der Waals surface area contributed by atoms with Crippen LogP contribution in [0.2, 0.25) is 0 Å². The molecule has 2 aromatic carbocycles. The van der Waals surface area contributed by atoms with Crippen LogP contribution in [-0.4, -0.2) is 7.11 Å². The standard InChI is InChI=1S/C16H15FN2O2/c1-10(19)13-8-12(17)4-6-14(13)21-15-5-3-11(9-18)7-16(15)20-2/h3-8,10H,19H2,1-2H3. The number of hydrogen-bond donors (Lipinski definition) is 1. The molecule has 2 aromatic rings. The first-order valence-electron chi connectivity index (χ1n) is 6.36. The summed E-state index contributed by atoms with van der Waals surface area (Å²) in [5, 5.41) is 8.88. The number of nitriles is 1. The molecule has 0 radical (unpaired) electrons. The van der Waals surface area contributed by atoms with Crippen molar-refractivity contribution >= 4 is 0 Å². The van der Waals surface area contributed by atoms with E-state index in [0.717, 1.165) is 0 Å². The number of halogens is 1. The van der Waals surface area contributed by atoms with Gasteiger partial charge in [0.2, 0.25) is 0 Å². The number of nitrogens with two attached hydrogens (primary N) is 1. The second-order valence-corrected chi connectivity index (χ2v) is 4.55. The van der Waals surface area contributed by atoms with Crippen LogP contribution in [0.15, 0.2) is 36.4 Å². The highest BCUT2D eigenvalue weighted by Crippen LogP contribution is 2.35. The molecule has 1 atom stereocenters. The molecule has 0 saturated carbocycles. The Kier molecular flexibility index (Phi) is 4.41. The summed E-state index contributed by atoms with van der Waals surface area (Å²) in [4.78, 5) is 0. The van der Waals surface area contributed by atoms with Crippen molar-refractivity contribution in [2.24, 2.45) is 5.73 Å². The van der Waals surface area contributed by atoms with Crippen molar-refractivity contribution in [1.82, 2.24) is 0 Å². The van der Waals surface area contributed by atoms with E-state index in [1.807, 2.05) is 6.07 Å². The molecule has 1 unspecified atom stereocenters. The fraction of sp³-hybridized carbons (Fsp3) is 0.188. The van der Waals surface area contributed by atoms with Crippen LogP contribution < -0.4 is 15.2 Å². The fourth-order valence-electron chi connectivity index (χ4n) is 1.91. The lowest BCUT2D eigenvalue weighted by Gasteiger charge is -2.15. The molecule has 2 N–H and O–H groups in total. The second kappa shape index (κ2) is 6.25. The van der Waals surface area contributed by atoms with Crippen molar-refractivity contribution in [3.05, 3.63) is 53.3 Å². The molecule has 0 bridgehead atoms. The van der Waals surface area contributed by atoms with E-state index in [4.69, 9.17) is 20.5 Å². The van der Waals surface area contributed by atoms with E-state index in [9.17, 15) is 4.39 Å². The van der Waals surface area contributed by atoms with Gasteiger partial charge in [-0.3, -0.25) is 0 Å². The number of benzene rings is 2. The van der Waals surface area contributed by atoms with E-state index in [1.54, 1.807) is 25.1 Å². The van der Waals surface area contributed by atoms with Crippen LogP contribution in [0.25, 0.3) is 0 Å². The molecule has 108 valence electrons. The first-order valence-corrected chi connectivity index (χ1v) is 6.36. The van der Waals surface area contributed by atoms with Gasteiger partial charge in [0.25, 0.3) is 0 Å². The first kappa shape index (κ1) is 14.8. The summed E-state index contributed by atoms with van der Waals surface area (Å²) in [6.07, 6.45) is 0. The molecule has 0 spiro atoms. The third-order valence-corrected chi connectivity index (χ3v) is 2.98. The van der Waals surface area contributed by atoms with E-state index in [1.165, 1.54) is 25.3 Å². The molecule has 0 fully saturated rings. The molecule has 2 rings (SSSR count). The average Bonchev–Trinajstić information content (AvgIpc) is 2.49. The maximum absolute atomic E-state index is 13.3. The Labute approximate surface area is 122 Å². The van der Waals surface area contributed by atoms with Crippen LogP contribution in [0, 0.1) is 17.1 Å². The molecule has 5 heteroatoms. The second-order valence-electron chi connectivity index (χ2n) is 4.55. The van der Waals surface area contributed by atoms with Crippen LogP contribution in [-0.2, 0) is 0 Å². The summed E-state index contributed by atoms with van der Waals surface area (Å²) >= 11 is 0. The highest BCUT2D eigenvalue weighted by molar-refractivity contribution is 5.49. The minimum atomic E-state index is -0.375. The smallest absolute Gasteiger partial charge is 0.169 e. The Morgan fingerprint density at radius 1 is 1.14 bits per heavy atom. The van der Waals surface area contributed by atoms with Gasteiger partial charge in [0, 0.05) is 17.7 Å². The van der Waals surface area contributed by atoms with E-state index >= 15 is 0 Å². The van der Waals surface area contributed by atoms with Crippen LogP contribution in [0.4, 0.5) is 4.39 Å². The lowest BCUT2D eigenvalue weighted by Crippen LogP contribution is -2.07. The van der Waals surface area contributed by atoms with Crippen molar-refractivity contribution in [3.8, 4) is 23.3 Å². The maximum Gasteiger partial charge on any atom is 0.169 e. The van der Waals surface area contributed by atoms with Crippen LogP contribution >= 0.6 is 0 Å². The monoisotopic (exact) mass is 286 g/mol. The molecular formula is C16H15FN2O2. The van der Waals surface area contributed by atoms with E-state index < -0.39 is 0 Å². The van der Waals surface area contributed by atoms with Gasteiger partial charge in [0.05, 0.1) is 18.7 Å². The molecule has 0 amide bonds. The predicted octanol–water partition coefficient (Wildman–Crippen LogP) is 3.52. The normalized spacial score (nSPS) is 11.6. The zero-order chi connectivity index (χ0) is 15.4. The molecule has 0 aliphatic carbocycles. The number of hydrogen-bond acceptors (Lipinski definition) is 4. The van der Waals surface area contributed by atoms with Gasteiger partial charge >= 0.3 is 0 Å². The Morgan fingerprint density at radius 2 is 1.86 bits per heavy atom. The van der Waals surface area contributed by atoms with Crippen molar-refractivity contribution in [2.75, 3.05) is 7.11 Å². The van der Waals surface area contributed by atoms with Gasteiger partial charge in [0.15, 0.2) is 11.5 Å². The molecule has 0 aliphatic rings. The molecule has 0 aliphatic heterocycles. The van der Waals surface area contributed by atoms with Crippen LogP contribution in [0.1, 0.15) is 24.1 Å². The van der Waals surface area contributed by atoms with Gasteiger partial charge in [-0.05, 0) is 37.3 Å². The maximum atomic E-state index is 13.3. The summed E-state index contributed by atoms with van der Waals surface area (Å²) in [6.45, 7) is 1.75. The zero-order valence-corrected chi connectivity index (χ0v) is 11.8. The van der Waals surface area contributed by atoms with E-state index in [0.29, 0.717) is 28.4 Å². The quantitative estimate of drug-likeness (QED) is 0.933. The SMILES string of the molecule is COc1cc(C#N)ccc1Oc1ccc(F)cc1C(C)N. The van der Waals surface area contributed by atoms with Gasteiger partial charge in [-0.15, -0.1) is 0 Å². The number of nitrogens with zero attached hydrogens (tertiary/aromatic N) is 1. The zero-order valence-electron chi connectivity index (χ0n) is 11.8. The molecular weight excluding hydrogens is 271 g/mol. The Balaban J connectivity index is 2.41. The van der Waals surface area contributed by atoms with Crippen LogP contribution in [0.5, 0.6) is 17.2 Å². The first-order chi connectivity index (χ1) is 10.0. The minimum absolute atomic E-state index is 0.374. The Hall–Kier alpha value is -2.58. The molecule has 21 heavy (non-hydrogen) atoms. The number of rotatable bonds is 4.